The van der Waals surface area contributed by atoms with E-state index in [2.05, 4.69) is 5.32 Å². The summed E-state index contributed by atoms with van der Waals surface area (Å²) in [6.45, 7) is 3.59. The molecule has 2 amide bonds. The summed E-state index contributed by atoms with van der Waals surface area (Å²) in [6, 6.07) is 7.29. The van der Waals surface area contributed by atoms with Gasteiger partial charge in [0.15, 0.2) is 0 Å². The fraction of sp³-hybridized carbons (Fsp3) is 0.350. The summed E-state index contributed by atoms with van der Waals surface area (Å²) in [6.07, 6.45) is 0. The van der Waals surface area contributed by atoms with Gasteiger partial charge in [0.2, 0.25) is 0 Å². The molecule has 1 heterocycles. The van der Waals surface area contributed by atoms with Gasteiger partial charge in [-0.15, -0.1) is 0 Å². The molecule has 0 bridgehead atoms. The molecule has 2 aromatic carbocycles. The third-order valence-electron chi connectivity index (χ3n) is 4.75. The highest BCUT2D eigenvalue weighted by atomic mass is 19.1. The number of nitrogens with one attached hydrogen (secondary N) is 1. The summed E-state index contributed by atoms with van der Waals surface area (Å²) >= 11 is 0. The minimum atomic E-state index is -0.673. The maximum absolute atomic E-state index is 13.4. The number of aryl methyl sites for hydroxylation is 1. The number of piperazine rings is 1. The number of urea groups is 1. The maximum atomic E-state index is 13.4. The third kappa shape index (κ3) is 4.42. The maximum Gasteiger partial charge on any atom is 0.320 e. The van der Waals surface area contributed by atoms with E-state index >= 15 is 0 Å². The fourth-order valence-electron chi connectivity index (χ4n) is 3.49. The number of carbonyl (C=O) groups excluding carboxylic acids is 1. The van der Waals surface area contributed by atoms with Gasteiger partial charge in [0.1, 0.15) is 17.5 Å². The molecule has 0 saturated carbocycles. The molecule has 1 aliphatic heterocycles. The highest BCUT2D eigenvalue weighted by Crippen LogP contribution is 2.27. The zero-order valence-electron chi connectivity index (χ0n) is 15.3. The van der Waals surface area contributed by atoms with Crippen molar-refractivity contribution in [3.05, 3.63) is 70.5 Å². The summed E-state index contributed by atoms with van der Waals surface area (Å²) < 4.78 is 40.2. The van der Waals surface area contributed by atoms with Crippen molar-refractivity contribution in [2.45, 2.75) is 19.5 Å². The molecule has 3 rings (SSSR count). The molecule has 0 unspecified atom stereocenters. The van der Waals surface area contributed by atoms with Gasteiger partial charge in [-0.2, -0.15) is 0 Å². The number of carbonyl (C=O) groups is 1. The van der Waals surface area contributed by atoms with Crippen LogP contribution in [-0.4, -0.2) is 42.5 Å². The van der Waals surface area contributed by atoms with Crippen LogP contribution in [0.5, 0.6) is 0 Å². The van der Waals surface area contributed by atoms with E-state index in [-0.39, 0.29) is 24.4 Å². The molecule has 1 saturated heterocycles. The predicted octanol–water partition coefficient (Wildman–Crippen LogP) is 3.61. The lowest BCUT2D eigenvalue weighted by molar-refractivity contribution is 0.126. The Morgan fingerprint density at radius 1 is 1.15 bits per heavy atom. The Kier molecular flexibility index (Phi) is 5.70. The third-order valence-corrected chi connectivity index (χ3v) is 4.75. The van der Waals surface area contributed by atoms with Crippen LogP contribution >= 0.6 is 0 Å². The largest absolute Gasteiger partial charge is 0.323 e. The molecule has 0 aromatic heterocycles. The Hall–Kier alpha value is -2.54. The number of hydrogen-bond acceptors (Lipinski definition) is 2. The molecule has 2 aromatic rings. The predicted molar refractivity (Wildman–Crippen MR) is 96.7 cm³/mol. The minimum Gasteiger partial charge on any atom is -0.323 e. The van der Waals surface area contributed by atoms with Gasteiger partial charge in [-0.1, -0.05) is 6.07 Å². The molecule has 1 fully saturated rings. The van der Waals surface area contributed by atoms with Gasteiger partial charge in [0, 0.05) is 39.3 Å². The van der Waals surface area contributed by atoms with Crippen LogP contribution in [0.4, 0.5) is 18.0 Å². The molecule has 27 heavy (non-hydrogen) atoms. The SMILES string of the molecule is Cc1cc(F)ccc1[C@H]1CNCCN1C(=O)N(C)Cc1cc(F)cc(F)c1. The zero-order valence-corrected chi connectivity index (χ0v) is 15.3. The Morgan fingerprint density at radius 3 is 2.52 bits per heavy atom. The van der Waals surface area contributed by atoms with E-state index in [0.717, 1.165) is 17.2 Å². The molecule has 0 aliphatic carbocycles. The lowest BCUT2D eigenvalue weighted by atomic mass is 9.98. The second kappa shape index (κ2) is 8.00. The lowest BCUT2D eigenvalue weighted by Crippen LogP contribution is -2.52. The molecule has 4 nitrogen and oxygen atoms in total. The summed E-state index contributed by atoms with van der Waals surface area (Å²) in [4.78, 5) is 16.1. The number of nitrogens with zero attached hydrogens (tertiary/aromatic N) is 2. The Bertz CT molecular complexity index is 823. The van der Waals surface area contributed by atoms with E-state index < -0.39 is 11.6 Å². The molecular formula is C20H22F3N3O. The van der Waals surface area contributed by atoms with Crippen molar-refractivity contribution in [1.29, 1.82) is 0 Å². The van der Waals surface area contributed by atoms with Crippen LogP contribution in [0.2, 0.25) is 0 Å². The molecule has 0 spiro atoms. The van der Waals surface area contributed by atoms with Gasteiger partial charge in [0.25, 0.3) is 0 Å². The van der Waals surface area contributed by atoms with Crippen molar-refractivity contribution in [3.63, 3.8) is 0 Å². The molecule has 7 heteroatoms. The fourth-order valence-corrected chi connectivity index (χ4v) is 3.49. The first-order chi connectivity index (χ1) is 12.8. The lowest BCUT2D eigenvalue weighted by Gasteiger charge is -2.39. The normalized spacial score (nSPS) is 17.1. The first kappa shape index (κ1) is 19.2. The average molecular weight is 377 g/mol. The standard InChI is InChI=1S/C20H22F3N3O/c1-13-7-15(21)3-4-18(13)19-11-24-5-6-26(19)20(27)25(2)12-14-8-16(22)10-17(23)9-14/h3-4,7-10,19,24H,5-6,11-12H2,1-2H3/t19-/m1/s1. The van der Waals surface area contributed by atoms with Crippen LogP contribution in [0, 0.1) is 24.4 Å². The summed E-state index contributed by atoms with van der Waals surface area (Å²) in [7, 11) is 1.60. The van der Waals surface area contributed by atoms with Crippen LogP contribution in [-0.2, 0) is 6.54 Å². The highest BCUT2D eigenvalue weighted by molar-refractivity contribution is 5.75. The van der Waals surface area contributed by atoms with Gasteiger partial charge < -0.3 is 15.1 Å². The van der Waals surface area contributed by atoms with E-state index in [0.29, 0.717) is 25.2 Å². The first-order valence-corrected chi connectivity index (χ1v) is 8.78. The number of rotatable bonds is 3. The summed E-state index contributed by atoms with van der Waals surface area (Å²) in [5, 5.41) is 3.26. The van der Waals surface area contributed by atoms with Crippen LogP contribution in [0.15, 0.2) is 36.4 Å². The van der Waals surface area contributed by atoms with Crippen molar-refractivity contribution >= 4 is 6.03 Å². The first-order valence-electron chi connectivity index (χ1n) is 8.78. The topological polar surface area (TPSA) is 35.6 Å². The zero-order chi connectivity index (χ0) is 19.6. The van der Waals surface area contributed by atoms with Gasteiger partial charge in [-0.25, -0.2) is 18.0 Å². The summed E-state index contributed by atoms with van der Waals surface area (Å²) in [5.41, 5.74) is 2.03. The molecule has 1 N–H and O–H groups in total. The van der Waals surface area contributed by atoms with Gasteiger partial charge >= 0.3 is 6.03 Å². The van der Waals surface area contributed by atoms with E-state index in [1.165, 1.54) is 29.2 Å². The average Bonchev–Trinajstić information content (AvgIpc) is 2.60. The van der Waals surface area contributed by atoms with Crippen LogP contribution in [0.1, 0.15) is 22.7 Å². The van der Waals surface area contributed by atoms with E-state index in [9.17, 15) is 18.0 Å². The van der Waals surface area contributed by atoms with Gasteiger partial charge in [-0.05, 0) is 47.9 Å². The molecule has 1 atom stereocenters. The van der Waals surface area contributed by atoms with Crippen molar-refractivity contribution in [2.24, 2.45) is 0 Å². The smallest absolute Gasteiger partial charge is 0.320 e. The molecule has 1 aliphatic rings. The second-order valence-corrected chi connectivity index (χ2v) is 6.83. The van der Waals surface area contributed by atoms with Crippen molar-refractivity contribution in [2.75, 3.05) is 26.7 Å². The quantitative estimate of drug-likeness (QED) is 0.887. The Morgan fingerprint density at radius 2 is 1.85 bits per heavy atom. The van der Waals surface area contributed by atoms with E-state index in [1.807, 2.05) is 6.92 Å². The van der Waals surface area contributed by atoms with Crippen molar-refractivity contribution in [1.82, 2.24) is 15.1 Å². The highest BCUT2D eigenvalue weighted by Gasteiger charge is 2.30. The van der Waals surface area contributed by atoms with Gasteiger partial charge in [0.05, 0.1) is 6.04 Å². The molecule has 0 radical (unpaired) electrons. The van der Waals surface area contributed by atoms with Crippen LogP contribution in [0.25, 0.3) is 0 Å². The van der Waals surface area contributed by atoms with Gasteiger partial charge in [-0.3, -0.25) is 0 Å². The Balaban J connectivity index is 1.80. The molecular weight excluding hydrogens is 355 g/mol. The number of benzene rings is 2. The number of amides is 2. The second-order valence-electron chi connectivity index (χ2n) is 6.83. The van der Waals surface area contributed by atoms with Crippen molar-refractivity contribution < 1.29 is 18.0 Å². The van der Waals surface area contributed by atoms with E-state index in [1.54, 1.807) is 18.0 Å². The Labute approximate surface area is 156 Å². The summed E-state index contributed by atoms with van der Waals surface area (Å²) in [5.74, 6) is -1.66. The minimum absolute atomic E-state index is 0.0898. The molecule has 144 valence electrons. The number of halogens is 3. The number of hydrogen-bond donors (Lipinski definition) is 1. The van der Waals surface area contributed by atoms with Crippen molar-refractivity contribution in [3.8, 4) is 0 Å². The van der Waals surface area contributed by atoms with Crippen LogP contribution < -0.4 is 5.32 Å². The van der Waals surface area contributed by atoms with Crippen LogP contribution in [0.3, 0.4) is 0 Å². The van der Waals surface area contributed by atoms with E-state index in [4.69, 9.17) is 0 Å². The monoisotopic (exact) mass is 377 g/mol.